The molecule has 0 aliphatic carbocycles. The molecule has 96 valence electrons. The molecule has 1 unspecified atom stereocenters. The van der Waals surface area contributed by atoms with Crippen molar-refractivity contribution >= 4 is 0 Å². The molecule has 1 aromatic carbocycles. The molecule has 0 aliphatic rings. The molecule has 0 aliphatic heterocycles. The van der Waals surface area contributed by atoms with Crippen LogP contribution in [0, 0.1) is 0 Å². The van der Waals surface area contributed by atoms with Gasteiger partial charge in [0.15, 0.2) is 0 Å². The summed E-state index contributed by atoms with van der Waals surface area (Å²) in [5, 5.41) is 7.07. The Bertz CT molecular complexity index is 451. The Kier molecular flexibility index (Phi) is 4.36. The number of methoxy groups -OCH3 is 1. The van der Waals surface area contributed by atoms with E-state index in [4.69, 9.17) is 9.26 Å². The lowest BCUT2D eigenvalue weighted by molar-refractivity contribution is 0.364. The monoisotopic (exact) mass is 246 g/mol. The highest BCUT2D eigenvalue weighted by Gasteiger charge is 2.05. The third kappa shape index (κ3) is 3.60. The molecule has 1 aromatic heterocycles. The molecule has 2 rings (SSSR count). The molecule has 4 heteroatoms. The summed E-state index contributed by atoms with van der Waals surface area (Å²) in [6.45, 7) is 2.86. The Labute approximate surface area is 107 Å². The van der Waals surface area contributed by atoms with Gasteiger partial charge in [0.05, 0.1) is 19.9 Å². The van der Waals surface area contributed by atoms with Crippen molar-refractivity contribution < 1.29 is 9.26 Å². The number of nitrogens with zero attached hydrogens (tertiary/aromatic N) is 1. The first-order valence-electron chi connectivity index (χ1n) is 6.04. The number of ether oxygens (including phenoxy) is 1. The van der Waals surface area contributed by atoms with Gasteiger partial charge in [0.25, 0.3) is 0 Å². The van der Waals surface area contributed by atoms with Crippen molar-refractivity contribution in [3.8, 4) is 5.75 Å². The zero-order valence-electron chi connectivity index (χ0n) is 10.7. The molecular formula is C14H18N2O2. The van der Waals surface area contributed by atoms with E-state index in [2.05, 4.69) is 29.5 Å². The smallest absolute Gasteiger partial charge is 0.150 e. The van der Waals surface area contributed by atoms with Gasteiger partial charge in [0, 0.05) is 12.1 Å². The van der Waals surface area contributed by atoms with Gasteiger partial charge >= 0.3 is 0 Å². The van der Waals surface area contributed by atoms with Crippen molar-refractivity contribution in [2.24, 2.45) is 0 Å². The third-order valence-corrected chi connectivity index (χ3v) is 2.82. The SMILES string of the molecule is COc1ccc(CC(C)NCc2ccno2)cc1. The van der Waals surface area contributed by atoms with Gasteiger partial charge in [0.1, 0.15) is 11.5 Å². The minimum absolute atomic E-state index is 0.378. The summed E-state index contributed by atoms with van der Waals surface area (Å²) in [5.41, 5.74) is 1.29. The maximum atomic E-state index is 5.14. The summed E-state index contributed by atoms with van der Waals surface area (Å²) in [5.74, 6) is 1.75. The molecule has 0 fully saturated rings. The quantitative estimate of drug-likeness (QED) is 0.850. The van der Waals surface area contributed by atoms with Crippen molar-refractivity contribution in [2.75, 3.05) is 7.11 Å². The van der Waals surface area contributed by atoms with Crippen molar-refractivity contribution in [3.05, 3.63) is 47.9 Å². The Hall–Kier alpha value is -1.81. The van der Waals surface area contributed by atoms with Gasteiger partial charge in [-0.25, -0.2) is 0 Å². The van der Waals surface area contributed by atoms with Gasteiger partial charge in [-0.3, -0.25) is 0 Å². The minimum atomic E-state index is 0.378. The van der Waals surface area contributed by atoms with Crippen LogP contribution >= 0.6 is 0 Å². The molecule has 0 amide bonds. The van der Waals surface area contributed by atoms with E-state index in [1.165, 1.54) is 5.56 Å². The van der Waals surface area contributed by atoms with E-state index in [1.54, 1.807) is 13.3 Å². The molecule has 1 atom stereocenters. The standard InChI is InChI=1S/C14H18N2O2/c1-11(15-10-14-7-8-16-18-14)9-12-3-5-13(17-2)6-4-12/h3-8,11,15H,9-10H2,1-2H3. The van der Waals surface area contributed by atoms with Crippen LogP contribution in [0.1, 0.15) is 18.2 Å². The second-order valence-corrected chi connectivity index (χ2v) is 4.31. The van der Waals surface area contributed by atoms with Gasteiger partial charge < -0.3 is 14.6 Å². The van der Waals surface area contributed by atoms with Crippen LogP contribution in [0.15, 0.2) is 41.1 Å². The van der Waals surface area contributed by atoms with E-state index in [9.17, 15) is 0 Å². The number of rotatable bonds is 6. The molecule has 0 bridgehead atoms. The molecular weight excluding hydrogens is 228 g/mol. The first-order chi connectivity index (χ1) is 8.78. The average molecular weight is 246 g/mol. The molecule has 1 heterocycles. The number of nitrogens with one attached hydrogen (secondary N) is 1. The highest BCUT2D eigenvalue weighted by atomic mass is 16.5. The van der Waals surface area contributed by atoms with Gasteiger partial charge in [-0.2, -0.15) is 0 Å². The van der Waals surface area contributed by atoms with Crippen molar-refractivity contribution in [1.29, 1.82) is 0 Å². The van der Waals surface area contributed by atoms with Crippen LogP contribution in [0.2, 0.25) is 0 Å². The van der Waals surface area contributed by atoms with Crippen molar-refractivity contribution in [2.45, 2.75) is 25.9 Å². The van der Waals surface area contributed by atoms with Crippen LogP contribution in [-0.2, 0) is 13.0 Å². The molecule has 4 nitrogen and oxygen atoms in total. The Balaban J connectivity index is 1.80. The van der Waals surface area contributed by atoms with E-state index in [0.717, 1.165) is 17.9 Å². The van der Waals surface area contributed by atoms with Crippen LogP contribution in [0.4, 0.5) is 0 Å². The number of hydrogen-bond donors (Lipinski definition) is 1. The van der Waals surface area contributed by atoms with Crippen LogP contribution in [0.25, 0.3) is 0 Å². The largest absolute Gasteiger partial charge is 0.497 e. The van der Waals surface area contributed by atoms with Gasteiger partial charge in [0.2, 0.25) is 0 Å². The molecule has 0 radical (unpaired) electrons. The third-order valence-electron chi connectivity index (χ3n) is 2.82. The van der Waals surface area contributed by atoms with E-state index in [0.29, 0.717) is 12.6 Å². The maximum absolute atomic E-state index is 5.14. The second-order valence-electron chi connectivity index (χ2n) is 4.31. The van der Waals surface area contributed by atoms with E-state index >= 15 is 0 Å². The highest BCUT2D eigenvalue weighted by molar-refractivity contribution is 5.27. The fraction of sp³-hybridized carbons (Fsp3) is 0.357. The number of hydrogen-bond acceptors (Lipinski definition) is 4. The van der Waals surface area contributed by atoms with Gasteiger partial charge in [-0.05, 0) is 31.0 Å². The summed E-state index contributed by atoms with van der Waals surface area (Å²) in [7, 11) is 1.68. The Morgan fingerprint density at radius 2 is 2.06 bits per heavy atom. The predicted octanol–water partition coefficient (Wildman–Crippen LogP) is 2.40. The van der Waals surface area contributed by atoms with E-state index < -0.39 is 0 Å². The molecule has 0 saturated heterocycles. The molecule has 18 heavy (non-hydrogen) atoms. The summed E-state index contributed by atoms with van der Waals surface area (Å²) in [4.78, 5) is 0. The number of aromatic nitrogens is 1. The van der Waals surface area contributed by atoms with Gasteiger partial charge in [-0.1, -0.05) is 17.3 Å². The lowest BCUT2D eigenvalue weighted by Gasteiger charge is -2.12. The average Bonchev–Trinajstić information content (AvgIpc) is 2.90. The lowest BCUT2D eigenvalue weighted by Crippen LogP contribution is -2.27. The van der Waals surface area contributed by atoms with Crippen molar-refractivity contribution in [3.63, 3.8) is 0 Å². The normalized spacial score (nSPS) is 12.3. The predicted molar refractivity (Wildman–Crippen MR) is 69.5 cm³/mol. The Morgan fingerprint density at radius 3 is 2.67 bits per heavy atom. The zero-order chi connectivity index (χ0) is 12.8. The molecule has 2 aromatic rings. The summed E-state index contributed by atoms with van der Waals surface area (Å²) >= 11 is 0. The lowest BCUT2D eigenvalue weighted by atomic mass is 10.1. The highest BCUT2D eigenvalue weighted by Crippen LogP contribution is 2.12. The fourth-order valence-electron chi connectivity index (χ4n) is 1.80. The van der Waals surface area contributed by atoms with Crippen LogP contribution < -0.4 is 10.1 Å². The van der Waals surface area contributed by atoms with Crippen LogP contribution in [0.5, 0.6) is 5.75 Å². The number of benzene rings is 1. The topological polar surface area (TPSA) is 47.3 Å². The van der Waals surface area contributed by atoms with E-state index in [-0.39, 0.29) is 0 Å². The summed E-state index contributed by atoms with van der Waals surface area (Å²) in [6, 6.07) is 10.4. The minimum Gasteiger partial charge on any atom is -0.497 e. The van der Waals surface area contributed by atoms with Crippen LogP contribution in [-0.4, -0.2) is 18.3 Å². The molecule has 1 N–H and O–H groups in total. The summed E-state index contributed by atoms with van der Waals surface area (Å²) < 4.78 is 10.2. The van der Waals surface area contributed by atoms with E-state index in [1.807, 2.05) is 18.2 Å². The maximum Gasteiger partial charge on any atom is 0.150 e. The first kappa shape index (κ1) is 12.6. The zero-order valence-corrected chi connectivity index (χ0v) is 10.7. The molecule has 0 spiro atoms. The van der Waals surface area contributed by atoms with Gasteiger partial charge in [-0.15, -0.1) is 0 Å². The summed E-state index contributed by atoms with van der Waals surface area (Å²) in [6.07, 6.45) is 2.63. The van der Waals surface area contributed by atoms with Crippen molar-refractivity contribution in [1.82, 2.24) is 10.5 Å². The van der Waals surface area contributed by atoms with Crippen LogP contribution in [0.3, 0.4) is 0 Å². The Morgan fingerprint density at radius 1 is 1.28 bits per heavy atom. The first-order valence-corrected chi connectivity index (χ1v) is 6.04. The second kappa shape index (κ2) is 6.21. The fourth-order valence-corrected chi connectivity index (χ4v) is 1.80. The molecule has 0 saturated carbocycles.